The van der Waals surface area contributed by atoms with Gasteiger partial charge in [0.25, 0.3) is 0 Å². The molecule has 1 aliphatic heterocycles. The average molecular weight is 463 g/mol. The molecule has 0 radical (unpaired) electrons. The Morgan fingerprint density at radius 2 is 1.81 bits per heavy atom. The number of rotatable bonds is 7. The van der Waals surface area contributed by atoms with E-state index in [2.05, 4.69) is 0 Å². The van der Waals surface area contributed by atoms with E-state index in [4.69, 9.17) is 15.2 Å². The summed E-state index contributed by atoms with van der Waals surface area (Å²) in [7, 11) is -1.56. The third-order valence-electron chi connectivity index (χ3n) is 5.75. The van der Waals surface area contributed by atoms with Gasteiger partial charge in [-0.1, -0.05) is 12.1 Å². The topological polar surface area (TPSA) is 136 Å². The molecule has 3 rings (SSSR count). The highest BCUT2D eigenvalue weighted by molar-refractivity contribution is 7.91. The van der Waals surface area contributed by atoms with Crippen LogP contribution in [0.15, 0.2) is 52.3 Å². The molecule has 2 atom stereocenters. The highest BCUT2D eigenvalue weighted by atomic mass is 32.2. The van der Waals surface area contributed by atoms with Gasteiger partial charge in [-0.15, -0.1) is 0 Å². The number of aromatic carboxylic acids is 1. The third-order valence-corrected chi connectivity index (χ3v) is 7.62. The number of benzene rings is 2. The van der Waals surface area contributed by atoms with Gasteiger partial charge in [-0.2, -0.15) is 0 Å². The Labute approximate surface area is 186 Å². The van der Waals surface area contributed by atoms with Crippen LogP contribution in [0.5, 0.6) is 5.75 Å². The Kier molecular flexibility index (Phi) is 6.59. The number of hydrogen-bond donors (Lipinski definition) is 2. The number of esters is 1. The molecular weight excluding hydrogens is 436 g/mol. The number of carboxylic acid groups (broad SMARTS) is 1. The first-order valence-electron chi connectivity index (χ1n) is 9.95. The second kappa shape index (κ2) is 8.89. The number of nitrogens with zero attached hydrogens (tertiary/aromatic N) is 1. The van der Waals surface area contributed by atoms with E-state index in [9.17, 15) is 23.1 Å². The van der Waals surface area contributed by atoms with Crippen molar-refractivity contribution in [2.24, 2.45) is 5.73 Å². The molecule has 0 bridgehead atoms. The number of methoxy groups -OCH3 is 2. The highest BCUT2D eigenvalue weighted by Crippen LogP contribution is 2.38. The van der Waals surface area contributed by atoms with Crippen molar-refractivity contribution in [1.82, 2.24) is 4.90 Å². The average Bonchev–Trinajstić information content (AvgIpc) is 3.29. The van der Waals surface area contributed by atoms with Crippen LogP contribution in [0.25, 0.3) is 0 Å². The molecule has 2 aromatic rings. The van der Waals surface area contributed by atoms with E-state index in [1.165, 1.54) is 56.7 Å². The van der Waals surface area contributed by atoms with Crippen molar-refractivity contribution in [1.29, 1.82) is 0 Å². The summed E-state index contributed by atoms with van der Waals surface area (Å²) in [5, 5.41) is 9.78. The van der Waals surface area contributed by atoms with Gasteiger partial charge in [0, 0.05) is 12.1 Å². The number of nitrogens with two attached hydrogens (primary N) is 1. The van der Waals surface area contributed by atoms with Gasteiger partial charge in [0.05, 0.1) is 35.2 Å². The summed E-state index contributed by atoms with van der Waals surface area (Å²) in [6, 6.07) is 9.13. The fourth-order valence-electron chi connectivity index (χ4n) is 4.12. The minimum Gasteiger partial charge on any atom is -0.497 e. The number of carbonyl (C=O) groups excluding carboxylic acids is 1. The Hall–Kier alpha value is -2.95. The van der Waals surface area contributed by atoms with Crippen LogP contribution in [0.1, 0.15) is 35.7 Å². The van der Waals surface area contributed by atoms with Gasteiger partial charge in [0.1, 0.15) is 11.8 Å². The molecule has 0 amide bonds. The van der Waals surface area contributed by atoms with Gasteiger partial charge in [0.15, 0.2) is 0 Å². The van der Waals surface area contributed by atoms with Crippen molar-refractivity contribution in [3.8, 4) is 5.75 Å². The van der Waals surface area contributed by atoms with Gasteiger partial charge in [-0.3, -0.25) is 9.69 Å². The van der Waals surface area contributed by atoms with Gasteiger partial charge >= 0.3 is 11.9 Å². The van der Waals surface area contributed by atoms with E-state index in [-0.39, 0.29) is 10.5 Å². The van der Waals surface area contributed by atoms with E-state index in [0.29, 0.717) is 25.1 Å². The monoisotopic (exact) mass is 462 g/mol. The summed E-state index contributed by atoms with van der Waals surface area (Å²) in [6.45, 7) is 1.99. The number of sulfone groups is 1. The zero-order valence-electron chi connectivity index (χ0n) is 18.1. The molecule has 32 heavy (non-hydrogen) atoms. The maximum absolute atomic E-state index is 13.6. The number of carboxylic acids is 1. The summed E-state index contributed by atoms with van der Waals surface area (Å²) in [5.41, 5.74) is 4.88. The normalized spacial score (nSPS) is 18.7. The molecule has 0 aliphatic carbocycles. The van der Waals surface area contributed by atoms with Crippen molar-refractivity contribution in [2.75, 3.05) is 20.8 Å². The van der Waals surface area contributed by atoms with Gasteiger partial charge in [-0.05, 0) is 50.1 Å². The van der Waals surface area contributed by atoms with Crippen molar-refractivity contribution < 1.29 is 32.6 Å². The van der Waals surface area contributed by atoms with Crippen molar-refractivity contribution in [3.05, 3.63) is 53.6 Å². The smallest absolute Gasteiger partial charge is 0.337 e. The minimum absolute atomic E-state index is 0.0871. The quantitative estimate of drug-likeness (QED) is 0.592. The SMILES string of the molecule is COC(=O)[C@@H]1CCCN1C(C)(N)c1cccc(C(=O)O)c1S(=O)(=O)c1ccc(OC)cc1. The van der Waals surface area contributed by atoms with Crippen LogP contribution in [0, 0.1) is 0 Å². The van der Waals surface area contributed by atoms with Crippen molar-refractivity contribution in [3.63, 3.8) is 0 Å². The molecular formula is C22H26N2O7S. The van der Waals surface area contributed by atoms with Gasteiger partial charge in [0.2, 0.25) is 9.84 Å². The standard InChI is InChI=1S/C22H26N2O7S/c1-22(23,24-13-5-8-18(24)21(27)31-3)17-7-4-6-16(20(25)26)19(17)32(28,29)15-11-9-14(30-2)10-12-15/h4,6-7,9-12,18H,5,8,13,23H2,1-3H3,(H,25,26)/t18-,22?/m0/s1. The third kappa shape index (κ3) is 4.08. The number of likely N-dealkylation sites (tertiary alicyclic amines) is 1. The lowest BCUT2D eigenvalue weighted by Crippen LogP contribution is -2.55. The van der Waals surface area contributed by atoms with E-state index in [1.54, 1.807) is 11.8 Å². The molecule has 1 saturated heterocycles. The molecule has 2 aromatic carbocycles. The fourth-order valence-corrected chi connectivity index (χ4v) is 5.86. The molecule has 1 fully saturated rings. The summed E-state index contributed by atoms with van der Waals surface area (Å²) < 4.78 is 37.3. The van der Waals surface area contributed by atoms with E-state index < -0.39 is 43.9 Å². The molecule has 1 heterocycles. The Morgan fingerprint density at radius 1 is 1.16 bits per heavy atom. The lowest BCUT2D eigenvalue weighted by Gasteiger charge is -2.39. The van der Waals surface area contributed by atoms with Crippen molar-refractivity contribution in [2.45, 2.75) is 41.3 Å². The Balaban J connectivity index is 2.23. The van der Waals surface area contributed by atoms with E-state index in [1.807, 2.05) is 0 Å². The number of hydrogen-bond acceptors (Lipinski definition) is 8. The number of carbonyl (C=O) groups is 2. The lowest BCUT2D eigenvalue weighted by atomic mass is 9.97. The summed E-state index contributed by atoms with van der Waals surface area (Å²) in [5.74, 6) is -1.42. The zero-order valence-corrected chi connectivity index (χ0v) is 18.9. The summed E-state index contributed by atoms with van der Waals surface area (Å²) in [4.78, 5) is 25.5. The Bertz CT molecular complexity index is 1130. The second-order valence-electron chi connectivity index (χ2n) is 7.69. The van der Waals surface area contributed by atoms with E-state index >= 15 is 0 Å². The fraction of sp³-hybridized carbons (Fsp3) is 0.364. The molecule has 0 aromatic heterocycles. The van der Waals surface area contributed by atoms with Crippen molar-refractivity contribution >= 4 is 21.8 Å². The predicted octanol–water partition coefficient (Wildman–Crippen LogP) is 1.99. The predicted molar refractivity (Wildman–Crippen MR) is 115 cm³/mol. The highest BCUT2D eigenvalue weighted by Gasteiger charge is 2.45. The van der Waals surface area contributed by atoms with Crippen LogP contribution in [-0.4, -0.2) is 57.2 Å². The first kappa shape index (κ1) is 23.7. The van der Waals surface area contributed by atoms with Crippen LogP contribution in [0.4, 0.5) is 0 Å². The molecule has 172 valence electrons. The van der Waals surface area contributed by atoms with Crippen LogP contribution >= 0.6 is 0 Å². The minimum atomic E-state index is -4.29. The zero-order chi connectivity index (χ0) is 23.7. The first-order valence-corrected chi connectivity index (χ1v) is 11.4. The van der Waals surface area contributed by atoms with Crippen LogP contribution < -0.4 is 10.5 Å². The summed E-state index contributed by atoms with van der Waals surface area (Å²) >= 11 is 0. The molecule has 0 spiro atoms. The van der Waals surface area contributed by atoms with E-state index in [0.717, 1.165) is 0 Å². The maximum Gasteiger partial charge on any atom is 0.337 e. The van der Waals surface area contributed by atoms with Gasteiger partial charge in [-0.25, -0.2) is 13.2 Å². The first-order chi connectivity index (χ1) is 15.1. The Morgan fingerprint density at radius 3 is 2.38 bits per heavy atom. The lowest BCUT2D eigenvalue weighted by molar-refractivity contribution is -0.148. The molecule has 9 nitrogen and oxygen atoms in total. The molecule has 0 saturated carbocycles. The largest absolute Gasteiger partial charge is 0.497 e. The van der Waals surface area contributed by atoms with Gasteiger partial charge < -0.3 is 20.3 Å². The van der Waals surface area contributed by atoms with Crippen LogP contribution in [-0.2, 0) is 25.0 Å². The second-order valence-corrected chi connectivity index (χ2v) is 9.58. The van der Waals surface area contributed by atoms with Crippen LogP contribution in [0.2, 0.25) is 0 Å². The van der Waals surface area contributed by atoms with Crippen LogP contribution in [0.3, 0.4) is 0 Å². The molecule has 10 heteroatoms. The molecule has 1 aliphatic rings. The molecule has 1 unspecified atom stereocenters. The number of ether oxygens (including phenoxy) is 2. The summed E-state index contributed by atoms with van der Waals surface area (Å²) in [6.07, 6.45) is 1.16. The maximum atomic E-state index is 13.6. The molecule has 3 N–H and O–H groups in total.